The number of anilines is 1. The van der Waals surface area contributed by atoms with E-state index >= 15 is 0 Å². The lowest BCUT2D eigenvalue weighted by molar-refractivity contribution is -0.478. The Bertz CT molecular complexity index is 1410. The van der Waals surface area contributed by atoms with Gasteiger partial charge >= 0.3 is 11.9 Å². The van der Waals surface area contributed by atoms with Gasteiger partial charge in [0.1, 0.15) is 11.4 Å². The molecule has 3 heterocycles. The van der Waals surface area contributed by atoms with Crippen molar-refractivity contribution >= 4 is 61.9 Å². The van der Waals surface area contributed by atoms with Crippen LogP contribution in [-0.4, -0.2) is 38.4 Å². The quantitative estimate of drug-likeness (QED) is 0.368. The molecule has 2 aromatic heterocycles. The van der Waals surface area contributed by atoms with E-state index in [2.05, 4.69) is 15.1 Å². The molecule has 5 rings (SSSR count). The van der Waals surface area contributed by atoms with Crippen LogP contribution >= 0.6 is 22.7 Å². The van der Waals surface area contributed by atoms with E-state index in [0.717, 1.165) is 21.4 Å². The van der Waals surface area contributed by atoms with E-state index in [4.69, 9.17) is 10.5 Å². The Balaban J connectivity index is 1.46. The van der Waals surface area contributed by atoms with Crippen LogP contribution in [0.3, 0.4) is 0 Å². The van der Waals surface area contributed by atoms with Gasteiger partial charge in [-0.1, -0.05) is 35.6 Å². The Morgan fingerprint density at radius 3 is 2.61 bits per heavy atom. The number of aromatic carboxylic acids is 1. The average molecular weight is 476 g/mol. The maximum Gasteiger partial charge on any atom is 0.335 e. The number of quaternary nitrogens is 1. The number of hydrazone groups is 1. The maximum absolute atomic E-state index is 12.9. The van der Waals surface area contributed by atoms with Crippen LogP contribution in [0.25, 0.3) is 11.3 Å². The van der Waals surface area contributed by atoms with E-state index in [1.165, 1.54) is 34.8 Å². The first-order chi connectivity index (χ1) is 16.0. The van der Waals surface area contributed by atoms with Crippen molar-refractivity contribution in [2.45, 2.75) is 0 Å². The van der Waals surface area contributed by atoms with Gasteiger partial charge in [-0.25, -0.2) is 9.78 Å². The number of carboxylic acids is 1. The van der Waals surface area contributed by atoms with Crippen molar-refractivity contribution in [2.75, 3.05) is 5.01 Å². The van der Waals surface area contributed by atoms with Gasteiger partial charge in [0.2, 0.25) is 5.13 Å². The third kappa shape index (κ3) is 3.96. The fraction of sp³-hybridized carbons (Fsp3) is 0. The Kier molecular flexibility index (Phi) is 5.34. The number of rotatable bonds is 6. The van der Waals surface area contributed by atoms with Gasteiger partial charge in [-0.2, -0.15) is 15.1 Å². The van der Waals surface area contributed by atoms with Crippen molar-refractivity contribution in [3.8, 4) is 11.3 Å². The lowest BCUT2D eigenvalue weighted by Gasteiger charge is -2.05. The number of nitrogens with one attached hydrogen (secondary N) is 1. The van der Waals surface area contributed by atoms with Crippen LogP contribution in [0.4, 0.5) is 16.0 Å². The molecule has 33 heavy (non-hydrogen) atoms. The molecule has 0 fully saturated rings. The fourth-order valence-electron chi connectivity index (χ4n) is 3.28. The number of hydrogen-bond acceptors (Lipinski definition) is 8. The summed E-state index contributed by atoms with van der Waals surface area (Å²) in [5.41, 5.74) is 3.02. The molecule has 9 nitrogen and oxygen atoms in total. The minimum Gasteiger partial charge on any atom is -0.478 e. The molecule has 0 unspecified atom stereocenters. The number of carboxylic acid groups (broad SMARTS) is 1. The largest absolute Gasteiger partial charge is 0.478 e. The molecule has 0 bridgehead atoms. The van der Waals surface area contributed by atoms with Crippen LogP contribution < -0.4 is 10.3 Å². The molecule has 4 aromatic rings. The molecule has 0 atom stereocenters. The average Bonchev–Trinajstić information content (AvgIpc) is 3.57. The van der Waals surface area contributed by atoms with E-state index in [1.54, 1.807) is 23.7 Å². The summed E-state index contributed by atoms with van der Waals surface area (Å²) in [6.07, 6.45) is 1.72. The molecule has 0 saturated carbocycles. The lowest BCUT2D eigenvalue weighted by atomic mass is 10.0. The van der Waals surface area contributed by atoms with Gasteiger partial charge in [0, 0.05) is 28.6 Å². The summed E-state index contributed by atoms with van der Waals surface area (Å²) in [5.74, 6) is -1.56. The number of nitrogens with zero attached hydrogens (tertiary/aromatic N) is 4. The van der Waals surface area contributed by atoms with Crippen LogP contribution in [0.1, 0.15) is 15.9 Å². The smallest absolute Gasteiger partial charge is 0.335 e. The Hall–Kier alpha value is -4.06. The van der Waals surface area contributed by atoms with Crippen molar-refractivity contribution in [1.29, 1.82) is 5.41 Å². The molecule has 2 aromatic carbocycles. The molecule has 1 amide bonds. The molecule has 1 aliphatic heterocycles. The summed E-state index contributed by atoms with van der Waals surface area (Å²) in [6, 6.07) is 13.7. The van der Waals surface area contributed by atoms with Crippen molar-refractivity contribution < 1.29 is 20.0 Å². The highest BCUT2D eigenvalue weighted by Gasteiger charge is 2.35. The number of amides is 1. The first kappa shape index (κ1) is 20.8. The number of carbonyl (C=O) groups excluding carboxylic acids is 1. The highest BCUT2D eigenvalue weighted by molar-refractivity contribution is 7.14. The molecular formula is C22H15N6O3S2+. The van der Waals surface area contributed by atoms with Crippen LogP contribution in [0.15, 0.2) is 70.6 Å². The van der Waals surface area contributed by atoms with E-state index < -0.39 is 11.9 Å². The lowest BCUT2D eigenvalue weighted by Crippen LogP contribution is -2.71. The second-order valence-electron chi connectivity index (χ2n) is 6.94. The minimum atomic E-state index is -1.00. The second-order valence-corrected chi connectivity index (χ2v) is 8.70. The van der Waals surface area contributed by atoms with E-state index in [1.807, 2.05) is 35.0 Å². The third-order valence-corrected chi connectivity index (χ3v) is 6.43. The SMILES string of the molecule is N=C1C(=O)N(c2nc(-c3ccc(C(=O)O)cc3)cs2)N=C1c1ccccc1[NH2+]c1nccs1. The number of thiazole rings is 2. The summed E-state index contributed by atoms with van der Waals surface area (Å²) in [6.45, 7) is 0. The van der Waals surface area contributed by atoms with Crippen LogP contribution in [0, 0.1) is 5.41 Å². The van der Waals surface area contributed by atoms with Gasteiger partial charge in [0.15, 0.2) is 5.71 Å². The van der Waals surface area contributed by atoms with Crippen molar-refractivity contribution in [3.63, 3.8) is 0 Å². The van der Waals surface area contributed by atoms with Gasteiger partial charge in [0.25, 0.3) is 5.13 Å². The monoisotopic (exact) mass is 475 g/mol. The number of benzene rings is 2. The third-order valence-electron chi connectivity index (χ3n) is 4.89. The van der Waals surface area contributed by atoms with Gasteiger partial charge in [0.05, 0.1) is 16.8 Å². The molecule has 0 aliphatic carbocycles. The van der Waals surface area contributed by atoms with Crippen molar-refractivity contribution in [2.24, 2.45) is 5.10 Å². The molecule has 0 spiro atoms. The van der Waals surface area contributed by atoms with Crippen LogP contribution in [0.5, 0.6) is 0 Å². The highest BCUT2D eigenvalue weighted by atomic mass is 32.1. The standard InChI is InChI=1S/C22H14N6O3S2/c23-17-18(14-3-1-2-4-15(14)25-21-24-9-10-32-21)27-28(19(17)29)22-26-16(11-33-22)12-5-7-13(8-6-12)20(30)31/h1-11,23H,(H,24,25)(H,30,31)/p+1. The molecule has 0 radical (unpaired) electrons. The number of para-hydroxylation sites is 1. The minimum absolute atomic E-state index is 0.180. The second kappa shape index (κ2) is 8.47. The number of aromatic nitrogens is 2. The number of hydrogen-bond donors (Lipinski definition) is 3. The molecule has 4 N–H and O–H groups in total. The number of carbonyl (C=O) groups is 2. The first-order valence-corrected chi connectivity index (χ1v) is 11.4. The highest BCUT2D eigenvalue weighted by Crippen LogP contribution is 2.30. The number of nitrogens with two attached hydrogens (primary N) is 1. The molecule has 1 aliphatic rings. The fourth-order valence-corrected chi connectivity index (χ4v) is 4.63. The molecule has 0 saturated heterocycles. The van der Waals surface area contributed by atoms with E-state index in [0.29, 0.717) is 16.4 Å². The summed E-state index contributed by atoms with van der Waals surface area (Å²) < 4.78 is 0. The Morgan fingerprint density at radius 2 is 1.88 bits per heavy atom. The first-order valence-electron chi connectivity index (χ1n) is 9.66. The van der Waals surface area contributed by atoms with Crippen LogP contribution in [-0.2, 0) is 4.79 Å². The maximum atomic E-state index is 12.9. The Morgan fingerprint density at radius 1 is 1.09 bits per heavy atom. The predicted molar refractivity (Wildman–Crippen MR) is 126 cm³/mol. The zero-order chi connectivity index (χ0) is 22.9. The van der Waals surface area contributed by atoms with Crippen molar-refractivity contribution in [1.82, 2.24) is 9.97 Å². The zero-order valence-electron chi connectivity index (χ0n) is 16.8. The van der Waals surface area contributed by atoms with Gasteiger partial charge in [-0.3, -0.25) is 15.5 Å². The summed E-state index contributed by atoms with van der Waals surface area (Å²) in [7, 11) is 0. The topological polar surface area (TPSA) is 136 Å². The van der Waals surface area contributed by atoms with Gasteiger partial charge in [-0.05, 0) is 18.2 Å². The summed E-state index contributed by atoms with van der Waals surface area (Å²) >= 11 is 2.71. The molecule has 162 valence electrons. The normalized spacial score (nSPS) is 13.5. The van der Waals surface area contributed by atoms with Gasteiger partial charge < -0.3 is 5.11 Å². The summed E-state index contributed by atoms with van der Waals surface area (Å²) in [4.78, 5) is 32.7. The Labute approximate surface area is 195 Å². The van der Waals surface area contributed by atoms with E-state index in [-0.39, 0.29) is 17.0 Å². The van der Waals surface area contributed by atoms with Crippen LogP contribution in [0.2, 0.25) is 0 Å². The molecular weight excluding hydrogens is 460 g/mol. The zero-order valence-corrected chi connectivity index (χ0v) is 18.4. The predicted octanol–water partition coefficient (Wildman–Crippen LogP) is 3.26. The van der Waals surface area contributed by atoms with E-state index in [9.17, 15) is 9.59 Å². The summed E-state index contributed by atoms with van der Waals surface area (Å²) in [5, 5.41) is 29.7. The van der Waals surface area contributed by atoms with Gasteiger partial charge in [-0.15, -0.1) is 11.3 Å². The van der Waals surface area contributed by atoms with Crippen molar-refractivity contribution in [3.05, 3.63) is 76.6 Å². The molecule has 11 heteroatoms.